The molecule has 0 fully saturated rings. The third-order valence-corrected chi connectivity index (χ3v) is 5.81. The van der Waals surface area contributed by atoms with Gasteiger partial charge in [-0.3, -0.25) is 4.79 Å². The fourth-order valence-electron chi connectivity index (χ4n) is 2.36. The van der Waals surface area contributed by atoms with E-state index in [0.717, 1.165) is 4.31 Å². The number of benzene rings is 2. The highest BCUT2D eigenvalue weighted by molar-refractivity contribution is 7.89. The molecule has 0 spiro atoms. The van der Waals surface area contributed by atoms with Crippen LogP contribution in [0.25, 0.3) is 0 Å². The molecule has 2 aromatic carbocycles. The molecule has 8 nitrogen and oxygen atoms in total. The molecule has 0 aliphatic heterocycles. The number of methoxy groups -OCH3 is 2. The molecular weight excluding hydrogens is 382 g/mol. The SMILES string of the molecule is COc1ccc(OC)c(/C(C)=N\NC(=O)c2cccc(S(=O)(=O)N(C)C)c2)c1. The highest BCUT2D eigenvalue weighted by Crippen LogP contribution is 2.24. The van der Waals surface area contributed by atoms with Gasteiger partial charge in [0.25, 0.3) is 5.91 Å². The van der Waals surface area contributed by atoms with Crippen molar-refractivity contribution in [1.82, 2.24) is 9.73 Å². The molecule has 28 heavy (non-hydrogen) atoms. The van der Waals surface area contributed by atoms with E-state index < -0.39 is 15.9 Å². The summed E-state index contributed by atoms with van der Waals surface area (Å²) in [5, 5.41) is 4.10. The second-order valence-corrected chi connectivity index (χ2v) is 8.17. The fraction of sp³-hybridized carbons (Fsp3) is 0.263. The third kappa shape index (κ3) is 4.68. The van der Waals surface area contributed by atoms with Crippen LogP contribution in [0.2, 0.25) is 0 Å². The maximum Gasteiger partial charge on any atom is 0.271 e. The normalized spacial score (nSPS) is 12.0. The number of carbonyl (C=O) groups excluding carboxylic acids is 1. The van der Waals surface area contributed by atoms with Gasteiger partial charge in [0.1, 0.15) is 11.5 Å². The van der Waals surface area contributed by atoms with Gasteiger partial charge in [-0.05, 0) is 43.3 Å². The lowest BCUT2D eigenvalue weighted by Gasteiger charge is -2.12. The van der Waals surface area contributed by atoms with Crippen molar-refractivity contribution in [2.75, 3.05) is 28.3 Å². The Balaban J connectivity index is 2.27. The van der Waals surface area contributed by atoms with Crippen LogP contribution in [0.15, 0.2) is 52.5 Å². The predicted octanol–water partition coefficient (Wildman–Crippen LogP) is 2.11. The van der Waals surface area contributed by atoms with Gasteiger partial charge in [0.05, 0.1) is 24.8 Å². The van der Waals surface area contributed by atoms with Crippen LogP contribution >= 0.6 is 0 Å². The Labute approximate surface area is 164 Å². The third-order valence-electron chi connectivity index (χ3n) is 4.00. The van der Waals surface area contributed by atoms with Crippen molar-refractivity contribution in [3.05, 3.63) is 53.6 Å². The van der Waals surface area contributed by atoms with E-state index in [1.54, 1.807) is 32.2 Å². The Morgan fingerprint density at radius 3 is 2.39 bits per heavy atom. The number of hydrazone groups is 1. The highest BCUT2D eigenvalue weighted by Gasteiger charge is 2.18. The lowest BCUT2D eigenvalue weighted by molar-refractivity contribution is 0.0954. The van der Waals surface area contributed by atoms with Gasteiger partial charge < -0.3 is 9.47 Å². The summed E-state index contributed by atoms with van der Waals surface area (Å²) < 4.78 is 36.1. The molecule has 150 valence electrons. The summed E-state index contributed by atoms with van der Waals surface area (Å²) in [6, 6.07) is 11.0. The van der Waals surface area contributed by atoms with Gasteiger partial charge in [-0.15, -0.1) is 0 Å². The maximum absolute atomic E-state index is 12.4. The first-order valence-corrected chi connectivity index (χ1v) is 9.74. The number of ether oxygens (including phenoxy) is 2. The second kappa shape index (κ2) is 8.85. The smallest absolute Gasteiger partial charge is 0.271 e. The van der Waals surface area contributed by atoms with Gasteiger partial charge in [-0.2, -0.15) is 5.10 Å². The largest absolute Gasteiger partial charge is 0.497 e. The number of nitrogens with zero attached hydrogens (tertiary/aromatic N) is 2. The molecule has 0 atom stereocenters. The van der Waals surface area contributed by atoms with Crippen LogP contribution in [-0.4, -0.2) is 52.7 Å². The Hall–Kier alpha value is -2.91. The van der Waals surface area contributed by atoms with E-state index in [4.69, 9.17) is 9.47 Å². The van der Waals surface area contributed by atoms with Crippen LogP contribution in [0.1, 0.15) is 22.8 Å². The number of nitrogens with one attached hydrogen (secondary N) is 1. The molecule has 2 rings (SSSR count). The van der Waals surface area contributed by atoms with E-state index in [9.17, 15) is 13.2 Å². The van der Waals surface area contributed by atoms with Crippen LogP contribution < -0.4 is 14.9 Å². The number of sulfonamides is 1. The molecule has 0 bridgehead atoms. The summed E-state index contributed by atoms with van der Waals surface area (Å²) in [5.41, 5.74) is 3.78. The number of hydrogen-bond donors (Lipinski definition) is 1. The Kier molecular flexibility index (Phi) is 6.76. The molecule has 0 aliphatic carbocycles. The molecule has 1 amide bonds. The van der Waals surface area contributed by atoms with E-state index in [1.165, 1.54) is 45.5 Å². The average molecular weight is 405 g/mol. The molecule has 1 N–H and O–H groups in total. The van der Waals surface area contributed by atoms with Crippen LogP contribution in [-0.2, 0) is 10.0 Å². The van der Waals surface area contributed by atoms with E-state index in [1.807, 2.05) is 0 Å². The zero-order valence-electron chi connectivity index (χ0n) is 16.4. The molecular formula is C19H23N3O5S. The van der Waals surface area contributed by atoms with E-state index in [-0.39, 0.29) is 10.5 Å². The van der Waals surface area contributed by atoms with Gasteiger partial charge in [0.15, 0.2) is 0 Å². The summed E-state index contributed by atoms with van der Waals surface area (Å²) in [4.78, 5) is 12.5. The van der Waals surface area contributed by atoms with E-state index in [0.29, 0.717) is 22.8 Å². The standard InChI is InChI=1S/C19H23N3O5S/c1-13(17-12-15(26-4)9-10-18(17)27-5)20-21-19(23)14-7-6-8-16(11-14)28(24,25)22(2)3/h6-12H,1-5H3,(H,21,23)/b20-13-. The highest BCUT2D eigenvalue weighted by atomic mass is 32.2. The van der Waals surface area contributed by atoms with Crippen molar-refractivity contribution in [3.8, 4) is 11.5 Å². The maximum atomic E-state index is 12.4. The van der Waals surface area contributed by atoms with Crippen molar-refractivity contribution < 1.29 is 22.7 Å². The van der Waals surface area contributed by atoms with E-state index >= 15 is 0 Å². The lowest BCUT2D eigenvalue weighted by atomic mass is 10.1. The first-order valence-electron chi connectivity index (χ1n) is 8.30. The van der Waals surface area contributed by atoms with Crippen molar-refractivity contribution in [2.45, 2.75) is 11.8 Å². The molecule has 0 heterocycles. The van der Waals surface area contributed by atoms with Crippen molar-refractivity contribution in [1.29, 1.82) is 0 Å². The van der Waals surface area contributed by atoms with Gasteiger partial charge in [-0.25, -0.2) is 18.1 Å². The minimum atomic E-state index is -3.64. The van der Waals surface area contributed by atoms with Gasteiger partial charge in [0, 0.05) is 25.2 Å². The average Bonchev–Trinajstić information content (AvgIpc) is 2.71. The summed E-state index contributed by atoms with van der Waals surface area (Å²) in [6.07, 6.45) is 0. The molecule has 2 aromatic rings. The van der Waals surface area contributed by atoms with Crippen LogP contribution in [0, 0.1) is 0 Å². The molecule has 0 saturated carbocycles. The van der Waals surface area contributed by atoms with Crippen molar-refractivity contribution >= 4 is 21.6 Å². The first kappa shape index (κ1) is 21.4. The number of amides is 1. The van der Waals surface area contributed by atoms with E-state index in [2.05, 4.69) is 10.5 Å². The fourth-order valence-corrected chi connectivity index (χ4v) is 3.31. The monoisotopic (exact) mass is 405 g/mol. The molecule has 0 unspecified atom stereocenters. The summed E-state index contributed by atoms with van der Waals surface area (Å²) in [6.45, 7) is 1.71. The zero-order valence-corrected chi connectivity index (χ0v) is 17.2. The van der Waals surface area contributed by atoms with Crippen molar-refractivity contribution in [2.24, 2.45) is 5.10 Å². The summed E-state index contributed by atoms with van der Waals surface area (Å²) in [5.74, 6) is 0.672. The van der Waals surface area contributed by atoms with Crippen molar-refractivity contribution in [3.63, 3.8) is 0 Å². The first-order chi connectivity index (χ1) is 13.2. The predicted molar refractivity (Wildman–Crippen MR) is 107 cm³/mol. The molecule has 0 aromatic heterocycles. The Morgan fingerprint density at radius 1 is 1.07 bits per heavy atom. The zero-order chi connectivity index (χ0) is 20.9. The molecule has 0 saturated heterocycles. The summed E-state index contributed by atoms with van der Waals surface area (Å²) in [7, 11) is 2.30. The molecule has 0 radical (unpaired) electrons. The lowest BCUT2D eigenvalue weighted by Crippen LogP contribution is -2.23. The quantitative estimate of drug-likeness (QED) is 0.562. The molecule has 0 aliphatic rings. The number of rotatable bonds is 7. The Morgan fingerprint density at radius 2 is 1.79 bits per heavy atom. The van der Waals surface area contributed by atoms with Gasteiger partial charge in [-0.1, -0.05) is 6.07 Å². The van der Waals surface area contributed by atoms with Gasteiger partial charge in [0.2, 0.25) is 10.0 Å². The topological polar surface area (TPSA) is 97.3 Å². The number of carbonyl (C=O) groups is 1. The summed E-state index contributed by atoms with van der Waals surface area (Å²) >= 11 is 0. The van der Waals surface area contributed by atoms with Gasteiger partial charge >= 0.3 is 0 Å². The van der Waals surface area contributed by atoms with Crippen LogP contribution in [0.3, 0.4) is 0 Å². The number of hydrogen-bond acceptors (Lipinski definition) is 6. The second-order valence-electron chi connectivity index (χ2n) is 6.02. The Bertz CT molecular complexity index is 1000. The minimum Gasteiger partial charge on any atom is -0.497 e. The molecule has 9 heteroatoms. The minimum absolute atomic E-state index is 0.0281. The van der Waals surface area contributed by atoms with Crippen LogP contribution in [0.5, 0.6) is 11.5 Å². The van der Waals surface area contributed by atoms with Crippen LogP contribution in [0.4, 0.5) is 0 Å².